The van der Waals surface area contributed by atoms with Gasteiger partial charge in [-0.15, -0.1) is 0 Å². The van der Waals surface area contributed by atoms with E-state index in [1.807, 2.05) is 41.3 Å². The Kier molecular flexibility index (Phi) is 6.54. The van der Waals surface area contributed by atoms with Crippen molar-refractivity contribution in [1.29, 1.82) is 0 Å². The van der Waals surface area contributed by atoms with E-state index in [9.17, 15) is 14.4 Å². The zero-order chi connectivity index (χ0) is 22.5. The highest BCUT2D eigenvalue weighted by molar-refractivity contribution is 5.94. The van der Waals surface area contributed by atoms with E-state index in [2.05, 4.69) is 10.6 Å². The van der Waals surface area contributed by atoms with Gasteiger partial charge in [0.15, 0.2) is 0 Å². The van der Waals surface area contributed by atoms with Crippen LogP contribution in [-0.4, -0.2) is 26.1 Å². The normalized spacial score (nSPS) is 13.7. The van der Waals surface area contributed by atoms with Crippen LogP contribution in [0.25, 0.3) is 0 Å². The summed E-state index contributed by atoms with van der Waals surface area (Å²) in [4.78, 5) is 38.6. The second kappa shape index (κ2) is 9.68. The van der Waals surface area contributed by atoms with Crippen LogP contribution in [0.4, 0.5) is 11.4 Å². The number of carbonyl (C=O) groups excluding carboxylic acids is 1. The van der Waals surface area contributed by atoms with Crippen LogP contribution in [-0.2, 0) is 13.1 Å². The monoisotopic (exact) mass is 433 g/mol. The lowest BCUT2D eigenvalue weighted by Gasteiger charge is -2.30. The number of benzene rings is 2. The summed E-state index contributed by atoms with van der Waals surface area (Å²) in [6, 6.07) is 14.7. The summed E-state index contributed by atoms with van der Waals surface area (Å²) in [6.45, 7) is 2.42. The molecule has 0 radical (unpaired) electrons. The van der Waals surface area contributed by atoms with Crippen LogP contribution in [0.5, 0.6) is 5.75 Å². The van der Waals surface area contributed by atoms with Gasteiger partial charge in [0.05, 0.1) is 7.11 Å². The van der Waals surface area contributed by atoms with E-state index in [1.54, 1.807) is 19.2 Å². The van der Waals surface area contributed by atoms with Crippen LogP contribution in [0.2, 0.25) is 0 Å². The molecule has 1 heterocycles. The van der Waals surface area contributed by atoms with Crippen molar-refractivity contribution in [2.24, 2.45) is 0 Å². The molecule has 1 amide bonds. The van der Waals surface area contributed by atoms with Crippen LogP contribution in [0, 0.1) is 0 Å². The van der Waals surface area contributed by atoms with Crippen LogP contribution in [0.1, 0.15) is 40.7 Å². The van der Waals surface area contributed by atoms with Gasteiger partial charge in [0.1, 0.15) is 17.1 Å². The number of nitrogens with one attached hydrogen (secondary N) is 2. The molecular weight excluding hydrogens is 406 g/mol. The molecule has 0 saturated carbocycles. The molecule has 0 unspecified atom stereocenters. The summed E-state index contributed by atoms with van der Waals surface area (Å²) < 4.78 is 5.31. The first-order valence-electron chi connectivity index (χ1n) is 10.9. The van der Waals surface area contributed by atoms with Gasteiger partial charge in [-0.2, -0.15) is 0 Å². The van der Waals surface area contributed by atoms with Crippen molar-refractivity contribution >= 4 is 17.3 Å². The van der Waals surface area contributed by atoms with Crippen molar-refractivity contribution in [2.75, 3.05) is 30.4 Å². The van der Waals surface area contributed by atoms with Crippen molar-refractivity contribution in [1.82, 2.24) is 5.32 Å². The van der Waals surface area contributed by atoms with Gasteiger partial charge in [-0.3, -0.25) is 14.4 Å². The number of amides is 1. The minimum Gasteiger partial charge on any atom is -0.496 e. The number of para-hydroxylation sites is 1. The molecular formula is C25H27N3O4. The number of ether oxygens (including phenoxy) is 1. The van der Waals surface area contributed by atoms with Crippen molar-refractivity contribution in [3.05, 3.63) is 85.7 Å². The van der Waals surface area contributed by atoms with Crippen molar-refractivity contribution in [3.63, 3.8) is 0 Å². The standard InChI is InChI=1S/C25H27N3O4/c1-32-20-8-4-3-7-19(20)16-27-25(31)18-11-9-17(10-12-18)15-26-21-22(24(30)23(21)29)28-13-5-2-6-14-28/h3-4,7-12,26H,2,5-6,13-16H2,1H3,(H,27,31). The quantitative estimate of drug-likeness (QED) is 0.531. The number of hydrogen-bond donors (Lipinski definition) is 2. The fraction of sp³-hybridized carbons (Fsp3) is 0.320. The van der Waals surface area contributed by atoms with E-state index in [0.29, 0.717) is 30.0 Å². The second-order valence-corrected chi connectivity index (χ2v) is 7.97. The molecule has 7 heteroatoms. The van der Waals surface area contributed by atoms with Gasteiger partial charge in [0, 0.05) is 37.3 Å². The number of rotatable bonds is 8. The third-order valence-electron chi connectivity index (χ3n) is 5.87. The van der Waals surface area contributed by atoms with Gasteiger partial charge >= 0.3 is 0 Å². The lowest BCUT2D eigenvalue weighted by molar-refractivity contribution is 0.0950. The molecule has 0 bridgehead atoms. The maximum Gasteiger partial charge on any atom is 0.253 e. The van der Waals surface area contributed by atoms with Gasteiger partial charge in [0.25, 0.3) is 16.8 Å². The van der Waals surface area contributed by atoms with Crippen LogP contribution in [0.15, 0.2) is 58.1 Å². The fourth-order valence-electron chi connectivity index (χ4n) is 4.05. The van der Waals surface area contributed by atoms with Crippen molar-refractivity contribution < 1.29 is 9.53 Å². The van der Waals surface area contributed by atoms with Gasteiger partial charge in [-0.25, -0.2) is 0 Å². The van der Waals surface area contributed by atoms with E-state index in [0.717, 1.165) is 49.2 Å². The van der Waals surface area contributed by atoms with E-state index >= 15 is 0 Å². The minimum atomic E-state index is -0.446. The van der Waals surface area contributed by atoms with Crippen LogP contribution >= 0.6 is 0 Å². The molecule has 3 aromatic rings. The molecule has 2 N–H and O–H groups in total. The zero-order valence-corrected chi connectivity index (χ0v) is 18.1. The average molecular weight is 434 g/mol. The third kappa shape index (κ3) is 4.51. The minimum absolute atomic E-state index is 0.176. The summed E-state index contributed by atoms with van der Waals surface area (Å²) in [5, 5.41) is 6.03. The first kappa shape index (κ1) is 21.6. The number of nitrogens with zero attached hydrogens (tertiary/aromatic N) is 1. The average Bonchev–Trinajstić information content (AvgIpc) is 2.85. The predicted octanol–water partition coefficient (Wildman–Crippen LogP) is 2.82. The van der Waals surface area contributed by atoms with E-state index in [1.165, 1.54) is 0 Å². The van der Waals surface area contributed by atoms with Crippen molar-refractivity contribution in [2.45, 2.75) is 32.4 Å². The molecule has 4 rings (SSSR count). The first-order chi connectivity index (χ1) is 15.6. The van der Waals surface area contributed by atoms with E-state index in [4.69, 9.17) is 4.74 Å². The Balaban J connectivity index is 1.34. The molecule has 7 nitrogen and oxygen atoms in total. The Bertz CT molecular complexity index is 1160. The summed E-state index contributed by atoms with van der Waals surface area (Å²) >= 11 is 0. The number of carbonyl (C=O) groups is 1. The van der Waals surface area contributed by atoms with Gasteiger partial charge < -0.3 is 20.3 Å². The molecule has 1 aliphatic heterocycles. The Labute approximate surface area is 186 Å². The summed E-state index contributed by atoms with van der Waals surface area (Å²) in [6.07, 6.45) is 3.24. The maximum atomic E-state index is 12.5. The Morgan fingerprint density at radius 2 is 1.66 bits per heavy atom. The lowest BCUT2D eigenvalue weighted by atomic mass is 10.1. The topological polar surface area (TPSA) is 87.7 Å². The number of hydrogen-bond acceptors (Lipinski definition) is 6. The van der Waals surface area contributed by atoms with E-state index in [-0.39, 0.29) is 5.91 Å². The zero-order valence-electron chi connectivity index (χ0n) is 18.1. The third-order valence-corrected chi connectivity index (χ3v) is 5.87. The molecule has 1 saturated heterocycles. The molecule has 0 aliphatic carbocycles. The molecule has 0 aromatic heterocycles. The molecule has 1 aliphatic rings. The molecule has 1 fully saturated rings. The Hall–Kier alpha value is -3.61. The van der Waals surface area contributed by atoms with Crippen molar-refractivity contribution in [3.8, 4) is 5.75 Å². The van der Waals surface area contributed by atoms with Crippen LogP contribution < -0.4 is 31.1 Å². The lowest BCUT2D eigenvalue weighted by Crippen LogP contribution is -2.44. The highest BCUT2D eigenvalue weighted by atomic mass is 16.5. The smallest absolute Gasteiger partial charge is 0.253 e. The summed E-state index contributed by atoms with van der Waals surface area (Å²) in [5.74, 6) is 0.557. The predicted molar refractivity (Wildman–Crippen MR) is 125 cm³/mol. The van der Waals surface area contributed by atoms with Gasteiger partial charge in [-0.05, 0) is 43.0 Å². The van der Waals surface area contributed by atoms with E-state index < -0.39 is 10.9 Å². The Morgan fingerprint density at radius 3 is 2.38 bits per heavy atom. The highest BCUT2D eigenvalue weighted by Gasteiger charge is 2.26. The summed E-state index contributed by atoms with van der Waals surface area (Å²) in [7, 11) is 1.60. The summed E-state index contributed by atoms with van der Waals surface area (Å²) in [5.41, 5.74) is 2.48. The first-order valence-corrected chi connectivity index (χ1v) is 10.9. The molecule has 3 aromatic carbocycles. The highest BCUT2D eigenvalue weighted by Crippen LogP contribution is 2.24. The van der Waals surface area contributed by atoms with Gasteiger partial charge in [0.2, 0.25) is 0 Å². The molecule has 166 valence electrons. The fourth-order valence-corrected chi connectivity index (χ4v) is 4.05. The van der Waals surface area contributed by atoms with Crippen LogP contribution in [0.3, 0.4) is 0 Å². The molecule has 0 spiro atoms. The Morgan fingerprint density at radius 1 is 0.938 bits per heavy atom. The SMILES string of the molecule is COc1ccccc1CNC(=O)c1ccc(CNc2c(N3CCCCC3)c(=O)c2=O)cc1. The second-order valence-electron chi connectivity index (χ2n) is 7.97. The molecule has 32 heavy (non-hydrogen) atoms. The number of methoxy groups -OCH3 is 1. The number of anilines is 2. The largest absolute Gasteiger partial charge is 0.496 e. The maximum absolute atomic E-state index is 12.5. The van der Waals surface area contributed by atoms with Gasteiger partial charge in [-0.1, -0.05) is 30.3 Å². The molecule has 0 atom stereocenters. The number of piperidine rings is 1.